The maximum atomic E-state index is 13.0. The van der Waals surface area contributed by atoms with E-state index in [1.165, 1.54) is 12.1 Å². The Morgan fingerprint density at radius 3 is 2.56 bits per heavy atom. The summed E-state index contributed by atoms with van der Waals surface area (Å²) in [6.07, 6.45) is -5.64. The van der Waals surface area contributed by atoms with Crippen molar-refractivity contribution in [2.24, 2.45) is 0 Å². The van der Waals surface area contributed by atoms with Gasteiger partial charge in [-0.1, -0.05) is 0 Å². The lowest BCUT2D eigenvalue weighted by Crippen LogP contribution is -2.11. The summed E-state index contributed by atoms with van der Waals surface area (Å²) < 4.78 is 53.0. The number of hydrogen-bond donors (Lipinski definition) is 1. The molecule has 18 heavy (non-hydrogen) atoms. The van der Waals surface area contributed by atoms with Crippen molar-refractivity contribution >= 4 is 11.7 Å². The molecule has 100 valence electrons. The molecule has 0 saturated heterocycles. The zero-order valence-electron chi connectivity index (χ0n) is 9.26. The molecule has 0 aromatic heterocycles. The van der Waals surface area contributed by atoms with Gasteiger partial charge in [-0.15, -0.1) is 0 Å². The molecule has 0 bridgehead atoms. The molecule has 2 N–H and O–H groups in total. The van der Waals surface area contributed by atoms with Gasteiger partial charge in [0.2, 0.25) is 0 Å². The van der Waals surface area contributed by atoms with E-state index in [1.807, 2.05) is 0 Å². The van der Waals surface area contributed by atoms with Crippen LogP contribution < -0.4 is 5.73 Å². The molecule has 0 atom stereocenters. The second kappa shape index (κ2) is 5.70. The fraction of sp³-hybridized carbons (Fsp3) is 0.364. The summed E-state index contributed by atoms with van der Waals surface area (Å²) in [5, 5.41) is 0. The Kier molecular flexibility index (Phi) is 4.52. The van der Waals surface area contributed by atoms with Gasteiger partial charge in [0.15, 0.2) is 0 Å². The van der Waals surface area contributed by atoms with Gasteiger partial charge < -0.3 is 10.5 Å². The third-order valence-corrected chi connectivity index (χ3v) is 2.07. The molecular formula is C11H11F4NO2. The Morgan fingerprint density at radius 2 is 2.00 bits per heavy atom. The molecule has 3 nitrogen and oxygen atoms in total. The lowest BCUT2D eigenvalue weighted by Gasteiger charge is -2.07. The van der Waals surface area contributed by atoms with E-state index in [-0.39, 0.29) is 24.3 Å². The van der Waals surface area contributed by atoms with Crippen LogP contribution in [0.3, 0.4) is 0 Å². The lowest BCUT2D eigenvalue weighted by molar-refractivity contribution is -0.137. The highest BCUT2D eigenvalue weighted by atomic mass is 19.4. The molecule has 1 aromatic rings. The Labute approximate surface area is 101 Å². The third kappa shape index (κ3) is 4.60. The van der Waals surface area contributed by atoms with E-state index < -0.39 is 24.4 Å². The maximum absolute atomic E-state index is 13.0. The Bertz CT molecular complexity index is 432. The van der Waals surface area contributed by atoms with Crippen LogP contribution in [0.1, 0.15) is 23.2 Å². The average molecular weight is 265 g/mol. The van der Waals surface area contributed by atoms with Crippen molar-refractivity contribution in [1.82, 2.24) is 0 Å². The van der Waals surface area contributed by atoms with Gasteiger partial charge in [0.25, 0.3) is 0 Å². The molecule has 0 saturated carbocycles. The van der Waals surface area contributed by atoms with Gasteiger partial charge >= 0.3 is 12.1 Å². The van der Waals surface area contributed by atoms with Crippen molar-refractivity contribution in [1.29, 1.82) is 0 Å². The minimum absolute atomic E-state index is 0.0892. The molecule has 1 aromatic carbocycles. The molecule has 0 heterocycles. The number of anilines is 1. The summed E-state index contributed by atoms with van der Waals surface area (Å²) in [6, 6.07) is 3.30. The topological polar surface area (TPSA) is 52.3 Å². The Balaban J connectivity index is 2.43. The van der Waals surface area contributed by atoms with Crippen LogP contribution >= 0.6 is 0 Å². The highest BCUT2D eigenvalue weighted by Crippen LogP contribution is 2.21. The van der Waals surface area contributed by atoms with E-state index in [2.05, 4.69) is 4.74 Å². The largest absolute Gasteiger partial charge is 0.462 e. The number of rotatable bonds is 4. The molecule has 0 fully saturated rings. The molecule has 1 rings (SSSR count). The Hall–Kier alpha value is -1.79. The first-order valence-electron chi connectivity index (χ1n) is 5.08. The number of hydrogen-bond acceptors (Lipinski definition) is 3. The predicted molar refractivity (Wildman–Crippen MR) is 56.4 cm³/mol. The predicted octanol–water partition coefficient (Wildman–Crippen LogP) is 2.91. The molecule has 0 aliphatic heterocycles. The second-order valence-corrected chi connectivity index (χ2v) is 3.59. The molecule has 0 amide bonds. The van der Waals surface area contributed by atoms with E-state index in [0.29, 0.717) is 0 Å². The smallest absolute Gasteiger partial charge is 0.389 e. The van der Waals surface area contributed by atoms with Crippen LogP contribution in [0, 0.1) is 5.82 Å². The lowest BCUT2D eigenvalue weighted by atomic mass is 10.2. The van der Waals surface area contributed by atoms with Crippen LogP contribution in [-0.2, 0) is 4.74 Å². The fourth-order valence-electron chi connectivity index (χ4n) is 1.17. The fourth-order valence-corrected chi connectivity index (χ4v) is 1.17. The number of carbonyl (C=O) groups is 1. The van der Waals surface area contributed by atoms with Crippen LogP contribution in [0.2, 0.25) is 0 Å². The average Bonchev–Trinajstić information content (AvgIpc) is 2.26. The number of esters is 1. The van der Waals surface area contributed by atoms with Crippen LogP contribution in [0.25, 0.3) is 0 Å². The zero-order chi connectivity index (χ0) is 13.8. The molecule has 0 unspecified atom stereocenters. The summed E-state index contributed by atoms with van der Waals surface area (Å²) in [7, 11) is 0. The minimum atomic E-state index is -4.28. The number of benzene rings is 1. The highest BCUT2D eigenvalue weighted by Gasteiger charge is 2.26. The van der Waals surface area contributed by atoms with E-state index >= 15 is 0 Å². The van der Waals surface area contributed by atoms with Crippen LogP contribution in [0.15, 0.2) is 18.2 Å². The quantitative estimate of drug-likeness (QED) is 0.394. The van der Waals surface area contributed by atoms with E-state index in [0.717, 1.165) is 6.07 Å². The van der Waals surface area contributed by atoms with E-state index in [1.54, 1.807) is 0 Å². The van der Waals surface area contributed by atoms with Crippen LogP contribution in [0.4, 0.5) is 23.2 Å². The summed E-state index contributed by atoms with van der Waals surface area (Å²) >= 11 is 0. The van der Waals surface area contributed by atoms with Gasteiger partial charge in [-0.3, -0.25) is 0 Å². The van der Waals surface area contributed by atoms with Crippen molar-refractivity contribution < 1.29 is 27.1 Å². The third-order valence-electron chi connectivity index (χ3n) is 2.07. The van der Waals surface area contributed by atoms with Crippen LogP contribution in [0.5, 0.6) is 0 Å². The molecule has 0 spiro atoms. The van der Waals surface area contributed by atoms with Crippen molar-refractivity contribution in [3.8, 4) is 0 Å². The first kappa shape index (κ1) is 14.3. The molecule has 0 aliphatic carbocycles. The second-order valence-electron chi connectivity index (χ2n) is 3.59. The first-order chi connectivity index (χ1) is 8.29. The molecule has 7 heteroatoms. The normalized spacial score (nSPS) is 11.3. The number of nitrogens with two attached hydrogens (primary N) is 1. The van der Waals surface area contributed by atoms with Gasteiger partial charge in [0.05, 0.1) is 17.9 Å². The number of alkyl halides is 3. The zero-order valence-corrected chi connectivity index (χ0v) is 9.26. The van der Waals surface area contributed by atoms with Crippen molar-refractivity contribution in [2.75, 3.05) is 12.3 Å². The van der Waals surface area contributed by atoms with Crippen LogP contribution in [-0.4, -0.2) is 18.8 Å². The number of nitrogen functional groups attached to an aromatic ring is 1. The van der Waals surface area contributed by atoms with Crippen molar-refractivity contribution in [3.05, 3.63) is 29.6 Å². The van der Waals surface area contributed by atoms with Gasteiger partial charge in [-0.05, 0) is 24.6 Å². The van der Waals surface area contributed by atoms with Crippen molar-refractivity contribution in [2.45, 2.75) is 19.0 Å². The van der Waals surface area contributed by atoms with Gasteiger partial charge in [0.1, 0.15) is 5.82 Å². The highest BCUT2D eigenvalue weighted by molar-refractivity contribution is 5.89. The molecule has 0 aliphatic rings. The Morgan fingerprint density at radius 1 is 1.33 bits per heavy atom. The minimum Gasteiger partial charge on any atom is -0.462 e. The number of carbonyl (C=O) groups excluding carboxylic acids is 1. The summed E-state index contributed by atoms with van der Waals surface area (Å²) in [6.45, 7) is -0.371. The summed E-state index contributed by atoms with van der Waals surface area (Å²) in [5.41, 5.74) is 5.00. The maximum Gasteiger partial charge on any atom is 0.389 e. The van der Waals surface area contributed by atoms with E-state index in [9.17, 15) is 22.4 Å². The van der Waals surface area contributed by atoms with Gasteiger partial charge in [-0.25, -0.2) is 9.18 Å². The number of ether oxygens (including phenoxy) is 1. The number of halogens is 4. The molecular weight excluding hydrogens is 254 g/mol. The SMILES string of the molecule is Nc1ccc(C(=O)OCCCC(F)(F)F)cc1F. The molecule has 0 radical (unpaired) electrons. The monoisotopic (exact) mass is 265 g/mol. The summed E-state index contributed by atoms with van der Waals surface area (Å²) in [5.74, 6) is -1.66. The summed E-state index contributed by atoms with van der Waals surface area (Å²) in [4.78, 5) is 11.3. The first-order valence-corrected chi connectivity index (χ1v) is 5.08. The van der Waals surface area contributed by atoms with Gasteiger partial charge in [-0.2, -0.15) is 13.2 Å². The van der Waals surface area contributed by atoms with Gasteiger partial charge in [0, 0.05) is 6.42 Å². The van der Waals surface area contributed by atoms with Crippen molar-refractivity contribution in [3.63, 3.8) is 0 Å². The standard InChI is InChI=1S/C11H11F4NO2/c12-8-6-7(2-3-9(8)16)10(17)18-5-1-4-11(13,14)15/h2-3,6H,1,4-5,16H2. The van der Waals surface area contributed by atoms with E-state index in [4.69, 9.17) is 5.73 Å².